The van der Waals surface area contributed by atoms with Crippen LogP contribution in [0.1, 0.15) is 17.5 Å². The van der Waals surface area contributed by atoms with Crippen LogP contribution >= 0.6 is 0 Å². The number of benzene rings is 2. The molecule has 2 aromatic rings. The van der Waals surface area contributed by atoms with E-state index in [1.54, 1.807) is 24.3 Å². The maximum atomic E-state index is 12.9. The minimum absolute atomic E-state index is 0.0432. The van der Waals surface area contributed by atoms with Crippen molar-refractivity contribution in [3.8, 4) is 0 Å². The van der Waals surface area contributed by atoms with Gasteiger partial charge in [-0.1, -0.05) is 36.4 Å². The second-order valence-corrected chi connectivity index (χ2v) is 5.72. The van der Waals surface area contributed by atoms with Crippen molar-refractivity contribution in [1.29, 1.82) is 0 Å². The van der Waals surface area contributed by atoms with Crippen molar-refractivity contribution in [2.75, 3.05) is 11.4 Å². The molecular weight excluding hydrogens is 309 g/mol. The molecule has 1 N–H and O–H groups in total. The maximum Gasteiger partial charge on any atom is 0.308 e. The molecule has 1 atom stereocenters. The van der Waals surface area contributed by atoms with E-state index in [0.717, 1.165) is 11.1 Å². The minimum atomic E-state index is -0.940. The van der Waals surface area contributed by atoms with Gasteiger partial charge in [0.05, 0.1) is 5.92 Å². The van der Waals surface area contributed by atoms with Crippen LogP contribution in [0.15, 0.2) is 48.5 Å². The first-order valence-corrected chi connectivity index (χ1v) is 7.60. The molecule has 0 aromatic heterocycles. The van der Waals surface area contributed by atoms with Gasteiger partial charge in [-0.15, -0.1) is 0 Å². The number of carboxylic acid groups (broad SMARTS) is 1. The Bertz CT molecular complexity index is 781. The predicted octanol–water partition coefficient (Wildman–Crippen LogP) is 3.43. The van der Waals surface area contributed by atoms with Gasteiger partial charge in [-0.25, -0.2) is 4.39 Å². The first-order valence-electron chi connectivity index (χ1n) is 7.60. The first kappa shape index (κ1) is 15.9. The molecule has 1 heterocycles. The van der Waals surface area contributed by atoms with Crippen LogP contribution in [0.3, 0.4) is 0 Å². The van der Waals surface area contributed by atoms with E-state index in [1.165, 1.54) is 17.0 Å². The lowest BCUT2D eigenvalue weighted by molar-refractivity contribution is -0.141. The van der Waals surface area contributed by atoms with Gasteiger partial charge in [0.15, 0.2) is 0 Å². The summed E-state index contributed by atoms with van der Waals surface area (Å²) in [6.45, 7) is 0.207. The Kier molecular flexibility index (Phi) is 4.42. The van der Waals surface area contributed by atoms with Gasteiger partial charge in [-0.05, 0) is 35.4 Å². The number of halogens is 1. The predicted molar refractivity (Wildman–Crippen MR) is 89.9 cm³/mol. The van der Waals surface area contributed by atoms with Gasteiger partial charge in [0.1, 0.15) is 5.82 Å². The Labute approximate surface area is 138 Å². The maximum absolute atomic E-state index is 12.9. The average molecular weight is 325 g/mol. The largest absolute Gasteiger partial charge is 0.481 e. The fourth-order valence-electron chi connectivity index (χ4n) is 2.65. The lowest BCUT2D eigenvalue weighted by Crippen LogP contribution is -2.25. The van der Waals surface area contributed by atoms with E-state index >= 15 is 0 Å². The van der Waals surface area contributed by atoms with E-state index in [1.807, 2.05) is 24.3 Å². The van der Waals surface area contributed by atoms with Crippen molar-refractivity contribution in [3.63, 3.8) is 0 Å². The summed E-state index contributed by atoms with van der Waals surface area (Å²) >= 11 is 0. The monoisotopic (exact) mass is 325 g/mol. The Morgan fingerprint density at radius 1 is 1.04 bits per heavy atom. The van der Waals surface area contributed by atoms with Gasteiger partial charge in [-0.3, -0.25) is 9.59 Å². The van der Waals surface area contributed by atoms with Crippen LogP contribution < -0.4 is 4.90 Å². The molecule has 3 rings (SSSR count). The molecule has 1 fully saturated rings. The number of aliphatic carboxylic acids is 1. The molecule has 1 aliphatic rings. The Morgan fingerprint density at radius 3 is 2.08 bits per heavy atom. The van der Waals surface area contributed by atoms with Crippen molar-refractivity contribution in [1.82, 2.24) is 0 Å². The molecule has 4 nitrogen and oxygen atoms in total. The summed E-state index contributed by atoms with van der Waals surface area (Å²) in [5.41, 5.74) is 2.52. The number of hydrogen-bond acceptors (Lipinski definition) is 2. The molecule has 1 saturated heterocycles. The number of nitrogens with zero attached hydrogens (tertiary/aromatic N) is 1. The van der Waals surface area contributed by atoms with Crippen molar-refractivity contribution in [2.24, 2.45) is 5.92 Å². The number of amides is 1. The van der Waals surface area contributed by atoms with E-state index in [0.29, 0.717) is 5.69 Å². The lowest BCUT2D eigenvalue weighted by Gasteiger charge is -2.16. The van der Waals surface area contributed by atoms with Crippen LogP contribution in [-0.2, 0) is 9.59 Å². The summed E-state index contributed by atoms with van der Waals surface area (Å²) in [5.74, 6) is -2.02. The van der Waals surface area contributed by atoms with Crippen LogP contribution in [0.25, 0.3) is 12.2 Å². The summed E-state index contributed by atoms with van der Waals surface area (Å²) in [6, 6.07) is 13.5. The zero-order valence-electron chi connectivity index (χ0n) is 12.9. The number of carbonyl (C=O) groups excluding carboxylic acids is 1. The summed E-state index contributed by atoms with van der Waals surface area (Å²) < 4.78 is 12.9. The highest BCUT2D eigenvalue weighted by Crippen LogP contribution is 2.25. The Balaban J connectivity index is 1.70. The van der Waals surface area contributed by atoms with Crippen LogP contribution in [0, 0.1) is 11.7 Å². The molecule has 0 bridgehead atoms. The molecule has 1 aliphatic heterocycles. The normalized spacial score (nSPS) is 17.6. The highest BCUT2D eigenvalue weighted by molar-refractivity contribution is 5.99. The van der Waals surface area contributed by atoms with E-state index in [9.17, 15) is 14.0 Å². The van der Waals surface area contributed by atoms with Gasteiger partial charge in [0.25, 0.3) is 0 Å². The number of carboxylic acids is 1. The molecule has 122 valence electrons. The highest BCUT2D eigenvalue weighted by Gasteiger charge is 2.34. The van der Waals surface area contributed by atoms with E-state index in [2.05, 4.69) is 0 Å². The molecule has 2 aromatic carbocycles. The molecule has 0 spiro atoms. The van der Waals surface area contributed by atoms with E-state index in [-0.39, 0.29) is 24.7 Å². The summed E-state index contributed by atoms with van der Waals surface area (Å²) in [6.07, 6.45) is 3.81. The molecule has 0 saturated carbocycles. The third-order valence-electron chi connectivity index (χ3n) is 4.02. The van der Waals surface area contributed by atoms with Crippen molar-refractivity contribution in [2.45, 2.75) is 6.42 Å². The van der Waals surface area contributed by atoms with Gasteiger partial charge >= 0.3 is 5.97 Å². The minimum Gasteiger partial charge on any atom is -0.481 e. The number of carbonyl (C=O) groups is 2. The topological polar surface area (TPSA) is 57.6 Å². The fraction of sp³-hybridized carbons (Fsp3) is 0.158. The summed E-state index contributed by atoms with van der Waals surface area (Å²) in [4.78, 5) is 24.4. The Hall–Kier alpha value is -2.95. The van der Waals surface area contributed by atoms with Crippen LogP contribution in [0.4, 0.5) is 10.1 Å². The zero-order valence-corrected chi connectivity index (χ0v) is 12.9. The summed E-state index contributed by atoms with van der Waals surface area (Å²) in [7, 11) is 0. The number of hydrogen-bond donors (Lipinski definition) is 1. The van der Waals surface area contributed by atoms with Crippen LogP contribution in [0.5, 0.6) is 0 Å². The van der Waals surface area contributed by atoms with Crippen LogP contribution in [-0.4, -0.2) is 23.5 Å². The molecule has 0 radical (unpaired) electrons. The van der Waals surface area contributed by atoms with Gasteiger partial charge in [-0.2, -0.15) is 0 Å². The second-order valence-electron chi connectivity index (χ2n) is 5.72. The third kappa shape index (κ3) is 3.51. The lowest BCUT2D eigenvalue weighted by atomic mass is 10.1. The van der Waals surface area contributed by atoms with Gasteiger partial charge in [0, 0.05) is 18.7 Å². The fourth-order valence-corrected chi connectivity index (χ4v) is 2.65. The first-order chi connectivity index (χ1) is 11.5. The Morgan fingerprint density at radius 2 is 1.58 bits per heavy atom. The number of anilines is 1. The molecular formula is C19H16FNO3. The molecule has 0 unspecified atom stereocenters. The molecule has 1 amide bonds. The third-order valence-corrected chi connectivity index (χ3v) is 4.02. The standard InChI is InChI=1S/C19H16FNO3/c20-16-7-3-13(4-8-16)1-2-14-5-9-17(10-6-14)21-12-15(19(23)24)11-18(21)22/h1-10,15H,11-12H2,(H,23,24)/b2-1+/t15-/m0/s1. The van der Waals surface area contributed by atoms with Gasteiger partial charge in [0.2, 0.25) is 5.91 Å². The molecule has 24 heavy (non-hydrogen) atoms. The van der Waals surface area contributed by atoms with Crippen molar-refractivity contribution in [3.05, 3.63) is 65.5 Å². The molecule has 0 aliphatic carbocycles. The van der Waals surface area contributed by atoms with Crippen molar-refractivity contribution >= 4 is 29.7 Å². The number of rotatable bonds is 4. The van der Waals surface area contributed by atoms with Crippen molar-refractivity contribution < 1.29 is 19.1 Å². The smallest absolute Gasteiger partial charge is 0.308 e. The highest BCUT2D eigenvalue weighted by atomic mass is 19.1. The quantitative estimate of drug-likeness (QED) is 0.876. The average Bonchev–Trinajstić information content (AvgIpc) is 2.97. The van der Waals surface area contributed by atoms with E-state index < -0.39 is 11.9 Å². The molecule has 5 heteroatoms. The second kappa shape index (κ2) is 6.66. The van der Waals surface area contributed by atoms with Crippen LogP contribution in [0.2, 0.25) is 0 Å². The SMILES string of the molecule is O=C(O)[C@H]1CC(=O)N(c2ccc(/C=C/c3ccc(F)cc3)cc2)C1. The zero-order chi connectivity index (χ0) is 17.1. The van der Waals surface area contributed by atoms with E-state index in [4.69, 9.17) is 5.11 Å². The summed E-state index contributed by atoms with van der Waals surface area (Å²) in [5, 5.41) is 9.02. The van der Waals surface area contributed by atoms with Gasteiger partial charge < -0.3 is 10.0 Å².